The van der Waals surface area contributed by atoms with Crippen LogP contribution < -0.4 is 4.57 Å². The smallest absolute Gasteiger partial charge is 0.238 e. The molecule has 0 amide bonds. The highest BCUT2D eigenvalue weighted by Crippen LogP contribution is 2.41. The van der Waals surface area contributed by atoms with Crippen LogP contribution in [0.4, 0.5) is 0 Å². The molecule has 0 spiro atoms. The number of hydrogen-bond acceptors (Lipinski definition) is 0. The third kappa shape index (κ3) is 2.33. The number of benzene rings is 3. The zero-order chi connectivity index (χ0) is 21.6. The molecule has 2 nitrogen and oxygen atoms in total. The third-order valence-corrected chi connectivity index (χ3v) is 8.25. The normalized spacial score (nSPS) is 15.5. The monoisotopic (exact) mass is 417 g/mol. The van der Waals surface area contributed by atoms with Gasteiger partial charge in [-0.25, -0.2) is 0 Å². The lowest BCUT2D eigenvalue weighted by atomic mass is 9.94. The van der Waals surface area contributed by atoms with Crippen molar-refractivity contribution in [1.82, 2.24) is 4.40 Å². The topological polar surface area (TPSA) is 8.29 Å². The van der Waals surface area contributed by atoms with Crippen LogP contribution >= 0.6 is 0 Å². The van der Waals surface area contributed by atoms with Crippen LogP contribution in [0.3, 0.4) is 0 Å². The summed E-state index contributed by atoms with van der Waals surface area (Å²) in [5, 5.41) is 6.91. The van der Waals surface area contributed by atoms with Gasteiger partial charge in [0.1, 0.15) is 12.6 Å². The highest BCUT2D eigenvalue weighted by molar-refractivity contribution is 6.25. The van der Waals surface area contributed by atoms with E-state index in [1.54, 1.807) is 0 Å². The molecule has 1 aliphatic carbocycles. The molecule has 1 fully saturated rings. The minimum absolute atomic E-state index is 0.869. The predicted molar refractivity (Wildman–Crippen MR) is 135 cm³/mol. The Balaban J connectivity index is 1.68. The van der Waals surface area contributed by atoms with E-state index < -0.39 is 0 Å². The van der Waals surface area contributed by atoms with Crippen molar-refractivity contribution in [2.75, 3.05) is 0 Å². The molecule has 0 radical (unpaired) electrons. The Hall–Kier alpha value is -3.13. The largest absolute Gasteiger partial charge is 0.303 e. The highest BCUT2D eigenvalue weighted by atomic mass is 15.0. The van der Waals surface area contributed by atoms with Crippen molar-refractivity contribution in [1.29, 1.82) is 0 Å². The molecule has 32 heavy (non-hydrogen) atoms. The SMILES string of the molecule is Cc1cc2cccc3c2c(c1C)c1c2c(cc[n+]1C)c1cc(CC4CCCC4)ccc1n32. The lowest BCUT2D eigenvalue weighted by Crippen LogP contribution is -2.29. The van der Waals surface area contributed by atoms with Crippen LogP contribution in [0.2, 0.25) is 0 Å². The number of hydrogen-bond donors (Lipinski definition) is 0. The molecule has 3 aromatic carbocycles. The second-order valence-corrected chi connectivity index (χ2v) is 10.1. The van der Waals surface area contributed by atoms with Gasteiger partial charge in [0.15, 0.2) is 6.20 Å². The molecule has 0 atom stereocenters. The van der Waals surface area contributed by atoms with Crippen molar-refractivity contribution in [2.24, 2.45) is 13.0 Å². The molecular formula is C30H29N2+. The van der Waals surface area contributed by atoms with Gasteiger partial charge in [-0.1, -0.05) is 49.9 Å². The van der Waals surface area contributed by atoms with Crippen LogP contribution in [0.5, 0.6) is 0 Å². The minimum Gasteiger partial charge on any atom is -0.303 e. The summed E-state index contributed by atoms with van der Waals surface area (Å²) in [6, 6.07) is 18.7. The average molecular weight is 418 g/mol. The van der Waals surface area contributed by atoms with Gasteiger partial charge >= 0.3 is 0 Å². The quantitative estimate of drug-likeness (QED) is 0.160. The molecule has 0 bridgehead atoms. The summed E-state index contributed by atoms with van der Waals surface area (Å²) in [4.78, 5) is 0. The van der Waals surface area contributed by atoms with E-state index in [2.05, 4.69) is 84.6 Å². The molecule has 3 heterocycles. The van der Waals surface area contributed by atoms with Crippen molar-refractivity contribution in [2.45, 2.75) is 46.0 Å². The summed E-state index contributed by atoms with van der Waals surface area (Å²) < 4.78 is 4.86. The zero-order valence-electron chi connectivity index (χ0n) is 19.2. The Kier molecular flexibility index (Phi) is 3.72. The van der Waals surface area contributed by atoms with Gasteiger partial charge in [0.2, 0.25) is 5.52 Å². The van der Waals surface area contributed by atoms with Crippen LogP contribution in [-0.4, -0.2) is 4.40 Å². The molecule has 1 saturated carbocycles. The molecule has 1 aliphatic rings. The molecule has 7 rings (SSSR count). The number of pyridine rings is 2. The summed E-state index contributed by atoms with van der Waals surface area (Å²) >= 11 is 0. The zero-order valence-corrected chi connectivity index (χ0v) is 19.2. The van der Waals surface area contributed by atoms with Gasteiger partial charge in [0.05, 0.1) is 16.4 Å². The molecule has 3 aromatic heterocycles. The van der Waals surface area contributed by atoms with Crippen molar-refractivity contribution >= 4 is 49.0 Å². The fraction of sp³-hybridized carbons (Fsp3) is 0.300. The van der Waals surface area contributed by atoms with E-state index in [4.69, 9.17) is 0 Å². The lowest BCUT2D eigenvalue weighted by molar-refractivity contribution is -0.644. The average Bonchev–Trinajstić information content (AvgIpc) is 3.41. The van der Waals surface area contributed by atoms with E-state index in [0.29, 0.717) is 0 Å². The molecule has 0 saturated heterocycles. The Morgan fingerprint density at radius 3 is 2.59 bits per heavy atom. The Labute approximate surface area is 188 Å². The number of rotatable bonds is 2. The third-order valence-electron chi connectivity index (χ3n) is 8.25. The summed E-state index contributed by atoms with van der Waals surface area (Å²) in [5.41, 5.74) is 9.62. The second-order valence-electron chi connectivity index (χ2n) is 10.1. The van der Waals surface area contributed by atoms with E-state index in [0.717, 1.165) is 5.92 Å². The first-order valence-corrected chi connectivity index (χ1v) is 12.1. The molecule has 0 unspecified atom stereocenters. The number of fused-ring (bicyclic) bond motifs is 5. The fourth-order valence-electron chi connectivity index (χ4n) is 6.57. The first kappa shape index (κ1) is 18.4. The van der Waals surface area contributed by atoms with E-state index >= 15 is 0 Å². The Morgan fingerprint density at radius 2 is 1.75 bits per heavy atom. The molecule has 158 valence electrons. The van der Waals surface area contributed by atoms with Gasteiger partial charge in [-0.3, -0.25) is 0 Å². The van der Waals surface area contributed by atoms with Crippen LogP contribution in [-0.2, 0) is 13.5 Å². The van der Waals surface area contributed by atoms with Crippen molar-refractivity contribution in [3.05, 3.63) is 71.4 Å². The van der Waals surface area contributed by atoms with Crippen LogP contribution in [0.15, 0.2) is 54.7 Å². The molecule has 2 heteroatoms. The van der Waals surface area contributed by atoms with E-state index in [1.165, 1.54) is 97.8 Å². The van der Waals surface area contributed by atoms with E-state index in [9.17, 15) is 0 Å². The van der Waals surface area contributed by atoms with Crippen LogP contribution in [0.25, 0.3) is 49.0 Å². The van der Waals surface area contributed by atoms with Gasteiger partial charge in [-0.2, -0.15) is 4.57 Å². The maximum absolute atomic E-state index is 2.53. The fourth-order valence-corrected chi connectivity index (χ4v) is 6.57. The molecule has 6 aromatic rings. The second kappa shape index (κ2) is 6.45. The van der Waals surface area contributed by atoms with Gasteiger partial charge in [-0.15, -0.1) is 0 Å². The molecule has 0 N–H and O–H groups in total. The number of aromatic nitrogens is 2. The van der Waals surface area contributed by atoms with Crippen molar-refractivity contribution in [3.63, 3.8) is 0 Å². The van der Waals surface area contributed by atoms with E-state index in [1.807, 2.05) is 0 Å². The van der Waals surface area contributed by atoms with Crippen LogP contribution in [0, 0.1) is 19.8 Å². The van der Waals surface area contributed by atoms with Crippen LogP contribution in [0.1, 0.15) is 42.4 Å². The first-order valence-electron chi connectivity index (χ1n) is 12.1. The summed E-state index contributed by atoms with van der Waals surface area (Å²) in [5.74, 6) is 0.869. The lowest BCUT2D eigenvalue weighted by Gasteiger charge is -2.14. The number of aryl methyl sites for hydroxylation is 3. The van der Waals surface area contributed by atoms with Gasteiger partial charge in [-0.05, 0) is 66.5 Å². The summed E-state index contributed by atoms with van der Waals surface area (Å²) in [6.45, 7) is 4.54. The van der Waals surface area contributed by atoms with Gasteiger partial charge in [0.25, 0.3) is 0 Å². The van der Waals surface area contributed by atoms with Crippen molar-refractivity contribution < 1.29 is 4.57 Å². The highest BCUT2D eigenvalue weighted by Gasteiger charge is 2.25. The van der Waals surface area contributed by atoms with E-state index in [-0.39, 0.29) is 0 Å². The maximum Gasteiger partial charge on any atom is 0.238 e. The van der Waals surface area contributed by atoms with Gasteiger partial charge in [0, 0.05) is 22.2 Å². The molecular weight excluding hydrogens is 388 g/mol. The predicted octanol–water partition coefficient (Wildman–Crippen LogP) is 7.16. The maximum atomic E-state index is 2.53. The van der Waals surface area contributed by atoms with Gasteiger partial charge < -0.3 is 4.40 Å². The summed E-state index contributed by atoms with van der Waals surface area (Å²) in [6.07, 6.45) is 9.10. The Morgan fingerprint density at radius 1 is 0.906 bits per heavy atom. The first-order chi connectivity index (χ1) is 15.6. The number of nitrogens with zero attached hydrogens (tertiary/aromatic N) is 2. The standard InChI is InChI=1S/C30H29N2/c1-18-15-22-9-6-10-26-28(22)27(19(18)2)30-29-23(13-14-31(30)3)24-17-21(11-12-25(24)32(26)29)16-20-7-4-5-8-20/h6,9-15,17,20H,4-5,7-8,16H2,1-3H3/q+1. The summed E-state index contributed by atoms with van der Waals surface area (Å²) in [7, 11) is 2.20. The molecule has 0 aliphatic heterocycles. The minimum atomic E-state index is 0.869. The Bertz CT molecular complexity index is 1680. The van der Waals surface area contributed by atoms with Crippen molar-refractivity contribution in [3.8, 4) is 0 Å².